The number of piperidine rings is 1. The minimum absolute atomic E-state index is 0.103. The molecule has 1 rings (SSSR count). The third kappa shape index (κ3) is 3.74. The van der Waals surface area contributed by atoms with Crippen LogP contribution in [0.5, 0.6) is 0 Å². The number of likely N-dealkylation sites (tertiary alicyclic amines) is 1. The molecular weight excluding hydrogens is 204 g/mol. The Morgan fingerprint density at radius 3 is 2.27 bits per heavy atom. The van der Waals surface area contributed by atoms with Gasteiger partial charge in [-0.25, -0.2) is 0 Å². The quantitative estimate of drug-likeness (QED) is 0.725. The van der Waals surface area contributed by atoms with Crippen molar-refractivity contribution < 1.29 is 18.3 Å². The summed E-state index contributed by atoms with van der Waals surface area (Å²) in [6.07, 6.45) is -1.33. The highest BCUT2D eigenvalue weighted by Crippen LogP contribution is 2.16. The van der Waals surface area contributed by atoms with Gasteiger partial charge in [-0.05, 0) is 26.7 Å². The van der Waals surface area contributed by atoms with Crippen LogP contribution in [0.15, 0.2) is 0 Å². The van der Waals surface area contributed by atoms with Crippen molar-refractivity contribution in [1.82, 2.24) is 4.90 Å². The topological polar surface area (TPSA) is 29.5 Å². The van der Waals surface area contributed by atoms with Crippen LogP contribution in [0.2, 0.25) is 0 Å². The smallest absolute Gasteiger partial charge is 0.315 e. The zero-order valence-corrected chi connectivity index (χ0v) is 9.08. The van der Waals surface area contributed by atoms with Gasteiger partial charge in [-0.2, -0.15) is 8.78 Å². The minimum atomic E-state index is -2.88. The lowest BCUT2D eigenvalue weighted by molar-refractivity contribution is -0.145. The number of alkyl halides is 2. The first-order valence-electron chi connectivity index (χ1n) is 5.23. The van der Waals surface area contributed by atoms with E-state index in [0.29, 0.717) is 25.9 Å². The number of carbonyl (C=O) groups excluding carboxylic acids is 1. The molecule has 0 bridgehead atoms. The Morgan fingerprint density at radius 1 is 1.33 bits per heavy atom. The van der Waals surface area contributed by atoms with Gasteiger partial charge in [-0.15, -0.1) is 0 Å². The van der Waals surface area contributed by atoms with E-state index in [1.165, 1.54) is 4.90 Å². The molecule has 1 heterocycles. The normalized spacial score (nSPS) is 18.9. The number of hydrogen-bond donors (Lipinski definition) is 0. The van der Waals surface area contributed by atoms with Gasteiger partial charge < -0.3 is 9.64 Å². The second-order valence-electron chi connectivity index (χ2n) is 4.01. The van der Waals surface area contributed by atoms with Gasteiger partial charge in [0.1, 0.15) is 0 Å². The average Bonchev–Trinajstić information content (AvgIpc) is 2.17. The van der Waals surface area contributed by atoms with Gasteiger partial charge in [0.05, 0.1) is 12.2 Å². The van der Waals surface area contributed by atoms with E-state index in [9.17, 15) is 13.6 Å². The second-order valence-corrected chi connectivity index (χ2v) is 4.01. The number of amides is 1. The number of ether oxygens (including phenoxy) is 1. The standard InChI is InChI=1S/C10H17F2NO2/c1-7(2)15-8-3-5-13(6-4-8)10(14)9(11)12/h7-9H,3-6H2,1-2H3. The van der Waals surface area contributed by atoms with Crippen molar-refractivity contribution in [2.75, 3.05) is 13.1 Å². The molecule has 0 unspecified atom stereocenters. The summed E-state index contributed by atoms with van der Waals surface area (Å²) >= 11 is 0. The highest BCUT2D eigenvalue weighted by atomic mass is 19.3. The summed E-state index contributed by atoms with van der Waals surface area (Å²) < 4.78 is 29.7. The molecule has 0 radical (unpaired) electrons. The summed E-state index contributed by atoms with van der Waals surface area (Å²) in [6.45, 7) is 4.63. The highest BCUT2D eigenvalue weighted by Gasteiger charge is 2.28. The fourth-order valence-electron chi connectivity index (χ4n) is 1.74. The van der Waals surface area contributed by atoms with Crippen molar-refractivity contribution in [3.8, 4) is 0 Å². The van der Waals surface area contributed by atoms with Crippen molar-refractivity contribution >= 4 is 5.91 Å². The highest BCUT2D eigenvalue weighted by molar-refractivity contribution is 5.79. The third-order valence-corrected chi connectivity index (χ3v) is 2.40. The molecule has 0 atom stereocenters. The van der Waals surface area contributed by atoms with Crippen LogP contribution < -0.4 is 0 Å². The molecule has 1 amide bonds. The van der Waals surface area contributed by atoms with Crippen molar-refractivity contribution in [2.24, 2.45) is 0 Å². The lowest BCUT2D eigenvalue weighted by atomic mass is 10.1. The molecule has 0 aliphatic carbocycles. The Hall–Kier alpha value is -0.710. The molecule has 3 nitrogen and oxygen atoms in total. The predicted molar refractivity (Wildman–Crippen MR) is 51.8 cm³/mol. The van der Waals surface area contributed by atoms with Crippen molar-refractivity contribution in [1.29, 1.82) is 0 Å². The van der Waals surface area contributed by atoms with Crippen LogP contribution in [0.1, 0.15) is 26.7 Å². The summed E-state index contributed by atoms with van der Waals surface area (Å²) in [7, 11) is 0. The monoisotopic (exact) mass is 221 g/mol. The van der Waals surface area contributed by atoms with E-state index in [0.717, 1.165) is 0 Å². The summed E-state index contributed by atoms with van der Waals surface area (Å²) in [4.78, 5) is 12.2. The van der Waals surface area contributed by atoms with E-state index < -0.39 is 12.3 Å². The SMILES string of the molecule is CC(C)OC1CCN(C(=O)C(F)F)CC1. The summed E-state index contributed by atoms with van der Waals surface area (Å²) in [5.74, 6) is -1.06. The Balaban J connectivity index is 2.32. The van der Waals surface area contributed by atoms with Crippen LogP contribution >= 0.6 is 0 Å². The van der Waals surface area contributed by atoms with Gasteiger partial charge in [0.25, 0.3) is 5.91 Å². The van der Waals surface area contributed by atoms with Gasteiger partial charge >= 0.3 is 6.43 Å². The Kier molecular flexibility index (Phi) is 4.45. The molecule has 5 heteroatoms. The van der Waals surface area contributed by atoms with E-state index in [1.807, 2.05) is 13.8 Å². The van der Waals surface area contributed by atoms with E-state index in [2.05, 4.69) is 0 Å². The van der Waals surface area contributed by atoms with E-state index in [4.69, 9.17) is 4.74 Å². The summed E-state index contributed by atoms with van der Waals surface area (Å²) in [5.41, 5.74) is 0. The maximum absolute atomic E-state index is 12.1. The maximum Gasteiger partial charge on any atom is 0.315 e. The number of carbonyl (C=O) groups is 1. The predicted octanol–water partition coefficient (Wildman–Crippen LogP) is 1.67. The lowest BCUT2D eigenvalue weighted by Gasteiger charge is -2.32. The Labute approximate surface area is 88.4 Å². The Morgan fingerprint density at radius 2 is 1.87 bits per heavy atom. The number of nitrogens with zero attached hydrogens (tertiary/aromatic N) is 1. The van der Waals surface area contributed by atoms with Crippen LogP contribution in [-0.2, 0) is 9.53 Å². The first-order valence-corrected chi connectivity index (χ1v) is 5.23. The molecule has 1 aliphatic heterocycles. The van der Waals surface area contributed by atoms with Crippen molar-refractivity contribution in [2.45, 2.75) is 45.3 Å². The molecule has 88 valence electrons. The third-order valence-electron chi connectivity index (χ3n) is 2.40. The molecule has 1 fully saturated rings. The molecule has 0 aromatic carbocycles. The first kappa shape index (κ1) is 12.4. The molecule has 0 spiro atoms. The molecule has 0 aromatic heterocycles. The zero-order valence-electron chi connectivity index (χ0n) is 9.08. The van der Waals surface area contributed by atoms with Gasteiger partial charge in [-0.3, -0.25) is 4.79 Å². The van der Waals surface area contributed by atoms with Crippen LogP contribution in [0, 0.1) is 0 Å². The van der Waals surface area contributed by atoms with Crippen LogP contribution in [0.4, 0.5) is 8.78 Å². The van der Waals surface area contributed by atoms with E-state index in [-0.39, 0.29) is 12.2 Å². The number of rotatable bonds is 3. The van der Waals surface area contributed by atoms with Crippen LogP contribution in [0.25, 0.3) is 0 Å². The van der Waals surface area contributed by atoms with E-state index >= 15 is 0 Å². The van der Waals surface area contributed by atoms with Gasteiger partial charge in [0.2, 0.25) is 0 Å². The minimum Gasteiger partial charge on any atom is -0.375 e. The summed E-state index contributed by atoms with van der Waals surface area (Å²) in [5, 5.41) is 0. The van der Waals surface area contributed by atoms with Crippen molar-refractivity contribution in [3.05, 3.63) is 0 Å². The molecule has 1 saturated heterocycles. The van der Waals surface area contributed by atoms with Crippen LogP contribution in [0.3, 0.4) is 0 Å². The zero-order chi connectivity index (χ0) is 11.4. The second kappa shape index (κ2) is 5.39. The number of halogens is 2. The molecule has 15 heavy (non-hydrogen) atoms. The molecule has 1 aliphatic rings. The lowest BCUT2D eigenvalue weighted by Crippen LogP contribution is -2.43. The largest absolute Gasteiger partial charge is 0.375 e. The Bertz CT molecular complexity index is 213. The molecule has 0 saturated carbocycles. The fraction of sp³-hybridized carbons (Fsp3) is 0.900. The fourth-order valence-corrected chi connectivity index (χ4v) is 1.74. The molecule has 0 N–H and O–H groups in total. The summed E-state index contributed by atoms with van der Waals surface area (Å²) in [6, 6.07) is 0. The van der Waals surface area contributed by atoms with Crippen LogP contribution in [-0.4, -0.2) is 42.5 Å². The van der Waals surface area contributed by atoms with Gasteiger partial charge in [0.15, 0.2) is 0 Å². The number of hydrogen-bond acceptors (Lipinski definition) is 2. The van der Waals surface area contributed by atoms with Gasteiger partial charge in [-0.1, -0.05) is 0 Å². The first-order chi connectivity index (χ1) is 7.00. The molecule has 0 aromatic rings. The maximum atomic E-state index is 12.1. The molecular formula is C10H17F2NO2. The van der Waals surface area contributed by atoms with Crippen molar-refractivity contribution in [3.63, 3.8) is 0 Å². The average molecular weight is 221 g/mol. The van der Waals surface area contributed by atoms with E-state index in [1.54, 1.807) is 0 Å². The van der Waals surface area contributed by atoms with Gasteiger partial charge in [0, 0.05) is 13.1 Å².